The first-order valence-corrected chi connectivity index (χ1v) is 56.8. The fraction of sp³-hybridized carbons (Fsp3) is 0.235. The van der Waals surface area contributed by atoms with Gasteiger partial charge in [-0.3, -0.25) is 0 Å². The Balaban J connectivity index is 0.000000153. The number of hydrogen-bond acceptors (Lipinski definition) is 0. The van der Waals surface area contributed by atoms with Crippen molar-refractivity contribution in [1.82, 2.24) is 0 Å². The van der Waals surface area contributed by atoms with E-state index in [1.54, 1.807) is 44.5 Å². The van der Waals surface area contributed by atoms with E-state index in [-0.39, 0.29) is 0 Å². The predicted molar refractivity (Wildman–Crippen MR) is 661 cm³/mol. The minimum absolute atomic E-state index is 1.07. The lowest BCUT2D eigenvalue weighted by Gasteiger charge is -2.09. The summed E-state index contributed by atoms with van der Waals surface area (Å²) in [5.74, 6) is 0. The van der Waals surface area contributed by atoms with Crippen LogP contribution < -0.4 is 0 Å². The average Bonchev–Trinajstić information content (AvgIpc) is 2.52. The zero-order chi connectivity index (χ0) is 107. The van der Waals surface area contributed by atoms with E-state index in [0.29, 0.717) is 0 Å². The second-order valence-electron chi connectivity index (χ2n) is 35.3. The first kappa shape index (κ1) is 113. The van der Waals surface area contributed by atoms with E-state index in [1.807, 2.05) is 221 Å². The van der Waals surface area contributed by atoms with Crippen molar-refractivity contribution in [1.29, 1.82) is 0 Å². The van der Waals surface area contributed by atoms with E-state index in [4.69, 9.17) is 0 Å². The van der Waals surface area contributed by atoms with Crippen molar-refractivity contribution < 1.29 is 0 Å². The van der Waals surface area contributed by atoms with Gasteiger partial charge in [0.15, 0.2) is 0 Å². The van der Waals surface area contributed by atoms with Crippen molar-refractivity contribution in [2.75, 3.05) is 0 Å². The van der Waals surface area contributed by atoms with Gasteiger partial charge in [-0.1, -0.05) is 560 Å². The van der Waals surface area contributed by atoms with Crippen LogP contribution in [-0.2, 0) is 64.2 Å². The number of fused-ring (bicyclic) bond motifs is 39. The normalized spacial score (nSPS) is 11.4. The molecule has 0 heterocycles. The molecule has 10 aliphatic rings. The third-order valence-electron chi connectivity index (χ3n) is 28.4. The van der Waals surface area contributed by atoms with E-state index < -0.39 is 0 Å². The van der Waals surface area contributed by atoms with Crippen LogP contribution in [0.15, 0.2) is 406 Å². The van der Waals surface area contributed by atoms with Gasteiger partial charge >= 0.3 is 0 Å². The lowest BCUT2D eigenvalue weighted by Crippen LogP contribution is -1.91. The van der Waals surface area contributed by atoms with Gasteiger partial charge in [0, 0.05) is 0 Å². The summed E-state index contributed by atoms with van der Waals surface area (Å²) in [6.07, 6.45) is 10.8. The van der Waals surface area contributed by atoms with E-state index in [1.165, 1.54) is 216 Å². The van der Waals surface area contributed by atoms with Gasteiger partial charge in [0.05, 0.1) is 0 Å². The maximum absolute atomic E-state index is 2.43. The lowest BCUT2D eigenvalue weighted by atomic mass is 9.95. The highest BCUT2D eigenvalue weighted by atomic mass is 14.4. The fourth-order valence-electron chi connectivity index (χ4n) is 22.5. The van der Waals surface area contributed by atoms with Gasteiger partial charge in [-0.15, -0.1) is 0 Å². The Labute approximate surface area is 897 Å². The highest BCUT2D eigenvalue weighted by molar-refractivity contribution is 6.04. The minimum Gasteiger partial charge on any atom is -0.0683 e. The second kappa shape index (κ2) is 56.4. The molecular weight excluding hydrogens is 1790 g/mol. The van der Waals surface area contributed by atoms with Crippen molar-refractivity contribution >= 4 is 32.3 Å². The summed E-state index contributed by atoms with van der Waals surface area (Å²) in [5.41, 5.74) is 60.3. The molecule has 149 heavy (non-hydrogen) atoms. The molecule has 0 radical (unpaired) electrons. The molecule has 0 spiro atoms. The topological polar surface area (TPSA) is 0 Å². The van der Waals surface area contributed by atoms with Crippen molar-refractivity contribution in [3.63, 3.8) is 0 Å². The summed E-state index contributed by atoms with van der Waals surface area (Å²) in [5, 5.41) is 8.19. The van der Waals surface area contributed by atoms with Gasteiger partial charge < -0.3 is 0 Å². The third kappa shape index (κ3) is 23.7. The van der Waals surface area contributed by atoms with Gasteiger partial charge in [0.1, 0.15) is 0 Å². The maximum Gasteiger partial charge on any atom is -0.000421 e. The molecule has 0 aliphatic heterocycles. The molecular formula is C149H162. The molecule has 0 nitrogen and oxygen atoms in total. The molecule has 10 aliphatic carbocycles. The van der Waals surface area contributed by atoms with Crippen LogP contribution in [0.4, 0.5) is 0 Å². The Bertz CT molecular complexity index is 7560. The predicted octanol–water partition coefficient (Wildman–Crippen LogP) is 43.6. The molecule has 0 saturated heterocycles. The fourth-order valence-corrected chi connectivity index (χ4v) is 22.5. The number of hydrogen-bond donors (Lipinski definition) is 0. The highest BCUT2D eigenvalue weighted by Gasteiger charge is 2.34. The quantitative estimate of drug-likeness (QED) is 0.142. The number of rotatable bonds is 0. The van der Waals surface area contributed by atoms with E-state index in [9.17, 15) is 0 Å². The zero-order valence-corrected chi connectivity index (χ0v) is 94.3. The highest BCUT2D eigenvalue weighted by Crippen LogP contribution is 2.54. The van der Waals surface area contributed by atoms with Crippen LogP contribution in [0.5, 0.6) is 0 Å². The Morgan fingerprint density at radius 1 is 0.114 bits per heavy atom. The van der Waals surface area contributed by atoms with Crippen molar-refractivity contribution in [3.05, 3.63) is 523 Å². The smallest absolute Gasteiger partial charge is 0.000421 e. The number of aryl methyl sites for hydroxylation is 1. The van der Waals surface area contributed by atoms with Crippen LogP contribution in [0.1, 0.15) is 283 Å². The van der Waals surface area contributed by atoms with Crippen LogP contribution in [0.3, 0.4) is 0 Å². The Morgan fingerprint density at radius 2 is 0.322 bits per heavy atom. The first-order chi connectivity index (χ1) is 73.9. The molecule has 0 fully saturated rings. The standard InChI is InChI=1S/3C24H16.2C20H14.C7H8.C6H6.12C2H6/c1-4-8-19-15(5-1)9-10-17-14-23-21(24(17)19)12-11-20-18-7-3-2-6-16(18)13-22(20)23;1-3-7-17-15(5-1)9-10-20-21-12-11-19-18-8-4-2-6-16(18)13-22(19)24(21)14-23(17)20;1-2-6-16-12-22-18(11-15(16)5-1)14-24-21(22)10-9-20-19-8-4-3-7-17(19)13-23(20)24;1-3-7-17-13(5-1)9-15-11-20-16(12-19(15)17)10-14-6-2-4-8-18(14)20;1-3-7-15-13(5-1)11-19-17(15)9-10-18-16-8-4-2-6-14(16)12-20(18)19;1-7-5-3-2-4-6-7;1-2-4-6-5-3-1;12*1-2/h3*1-12H,13-14H2;1-8,11-12H,9-10H2;1-10H,11-12H2;2-6H,1H3;1-6H;12*1-2H3. The molecule has 20 aromatic carbocycles. The molecule has 0 amide bonds. The molecule has 30 rings (SSSR count). The summed E-state index contributed by atoms with van der Waals surface area (Å²) in [7, 11) is 0. The first-order valence-electron chi connectivity index (χ1n) is 56.8. The Morgan fingerprint density at radius 3 is 0.671 bits per heavy atom. The average molecular weight is 1950 g/mol. The summed E-state index contributed by atoms with van der Waals surface area (Å²) in [6, 6.07) is 148. The van der Waals surface area contributed by atoms with Crippen LogP contribution >= 0.6 is 0 Å². The van der Waals surface area contributed by atoms with Crippen molar-refractivity contribution in [2.45, 2.75) is 237 Å². The zero-order valence-electron chi connectivity index (χ0n) is 94.3. The summed E-state index contributed by atoms with van der Waals surface area (Å²) >= 11 is 0. The largest absolute Gasteiger partial charge is 0.0683 e. The van der Waals surface area contributed by atoms with E-state index in [2.05, 4.69) is 359 Å². The van der Waals surface area contributed by atoms with Crippen LogP contribution in [-0.4, -0.2) is 0 Å². The molecule has 0 atom stereocenters. The van der Waals surface area contributed by atoms with Gasteiger partial charge in [-0.2, -0.15) is 0 Å². The Kier molecular flexibility index (Phi) is 42.7. The second-order valence-corrected chi connectivity index (χ2v) is 35.3. The lowest BCUT2D eigenvalue weighted by molar-refractivity contribution is 1.16. The molecule has 0 heteroatoms. The minimum atomic E-state index is 1.07. The van der Waals surface area contributed by atoms with Gasteiger partial charge in [-0.05, 0) is 344 Å². The van der Waals surface area contributed by atoms with Gasteiger partial charge in [0.2, 0.25) is 0 Å². The maximum atomic E-state index is 2.43. The van der Waals surface area contributed by atoms with Crippen molar-refractivity contribution in [2.24, 2.45) is 0 Å². The molecule has 20 aromatic rings. The Hall–Kier alpha value is -14.8. The SMILES string of the molecule is CC.CC.CC.CC.CC.CC.CC.CC.CC.CC.CC.CC.Cc1ccccc1.c1ccc2c(c1)Cc1c-2ccc2c1Cc1c-2ccc2ccccc12.c1ccc2c(c1)Cc1c-2ccc2c1Cc1cc3ccccc3cc1-2.c1ccc2c(c1)Cc1c-2ccc2c1Cc1ccc3ccccc3c1-2.c1ccc2c(c1)Cc1c-2ccc2c1Cc1ccccc1-2.c1ccc2c(c1)Cc1cc3c(cc1-2)Cc1ccccc1-3.c1ccccc1. The molecule has 0 saturated carbocycles. The molecule has 758 valence electrons. The molecule has 0 aromatic heterocycles. The summed E-state index contributed by atoms with van der Waals surface area (Å²) < 4.78 is 0. The van der Waals surface area contributed by atoms with Crippen LogP contribution in [0, 0.1) is 6.92 Å². The third-order valence-corrected chi connectivity index (χ3v) is 28.4. The van der Waals surface area contributed by atoms with E-state index >= 15 is 0 Å². The summed E-state index contributed by atoms with van der Waals surface area (Å²) in [4.78, 5) is 0. The van der Waals surface area contributed by atoms with Crippen LogP contribution in [0.2, 0.25) is 0 Å². The molecule has 0 bridgehead atoms. The van der Waals surface area contributed by atoms with E-state index in [0.717, 1.165) is 64.2 Å². The molecule has 0 N–H and O–H groups in total. The summed E-state index contributed by atoms with van der Waals surface area (Å²) in [6.45, 7) is 50.1. The van der Waals surface area contributed by atoms with Gasteiger partial charge in [-0.25, -0.2) is 0 Å². The van der Waals surface area contributed by atoms with Crippen LogP contribution in [0.25, 0.3) is 144 Å². The number of benzene rings is 20. The van der Waals surface area contributed by atoms with Gasteiger partial charge in [0.25, 0.3) is 0 Å². The van der Waals surface area contributed by atoms with Crippen molar-refractivity contribution in [3.8, 4) is 111 Å². The molecule has 0 unspecified atom stereocenters. The monoisotopic (exact) mass is 1950 g/mol.